The van der Waals surface area contributed by atoms with Gasteiger partial charge in [-0.1, -0.05) is 6.07 Å². The summed E-state index contributed by atoms with van der Waals surface area (Å²) in [6.45, 7) is 4.60. The molecule has 2 rings (SSSR count). The maximum Gasteiger partial charge on any atom is 0.144 e. The predicted octanol–water partition coefficient (Wildman–Crippen LogP) is 2.39. The molecule has 0 atom stereocenters. The zero-order valence-electron chi connectivity index (χ0n) is 10.6. The Labute approximate surface area is 106 Å². The van der Waals surface area contributed by atoms with Crippen molar-refractivity contribution in [2.75, 3.05) is 11.1 Å². The first-order valence-corrected chi connectivity index (χ1v) is 5.93. The third-order valence-corrected chi connectivity index (χ3v) is 2.45. The molecule has 0 saturated carbocycles. The molecule has 18 heavy (non-hydrogen) atoms. The summed E-state index contributed by atoms with van der Waals surface area (Å²) in [5, 5.41) is 3.25. The number of nitrogens with zero attached hydrogens (tertiary/aromatic N) is 1. The van der Waals surface area contributed by atoms with Crippen molar-refractivity contribution in [2.24, 2.45) is 0 Å². The molecule has 5 heteroatoms. The van der Waals surface area contributed by atoms with Crippen LogP contribution in [0.5, 0.6) is 5.75 Å². The number of hydrogen-bond acceptors (Lipinski definition) is 4. The van der Waals surface area contributed by atoms with E-state index in [1.807, 2.05) is 32.0 Å². The topological polar surface area (TPSA) is 76.0 Å². The van der Waals surface area contributed by atoms with E-state index in [0.29, 0.717) is 18.0 Å². The molecule has 0 bridgehead atoms. The lowest BCUT2D eigenvalue weighted by Gasteiger charge is -2.15. The van der Waals surface area contributed by atoms with Crippen molar-refractivity contribution in [2.45, 2.75) is 26.5 Å². The standard InChI is InChI=1S/C13H18N4O/c1-9(2)18-12-5-3-4-11(13(12)14)16-7-10-6-15-8-17-10/h3-6,8-9,16H,7,14H2,1-2H3,(H,15,17). The molecule has 1 aromatic carbocycles. The van der Waals surface area contributed by atoms with Crippen molar-refractivity contribution >= 4 is 11.4 Å². The summed E-state index contributed by atoms with van der Waals surface area (Å²) in [4.78, 5) is 6.99. The molecule has 1 heterocycles. The number of imidazole rings is 1. The van der Waals surface area contributed by atoms with Crippen LogP contribution in [0.4, 0.5) is 11.4 Å². The number of aromatic nitrogens is 2. The number of ether oxygens (including phenoxy) is 1. The number of hydrogen-bond donors (Lipinski definition) is 3. The SMILES string of the molecule is CC(C)Oc1cccc(NCc2cnc[nH]2)c1N. The first kappa shape index (κ1) is 12.3. The van der Waals surface area contributed by atoms with Crippen LogP contribution in [0, 0.1) is 0 Å². The highest BCUT2D eigenvalue weighted by molar-refractivity contribution is 5.72. The Balaban J connectivity index is 2.08. The number of nitrogens with two attached hydrogens (primary N) is 1. The fourth-order valence-corrected chi connectivity index (χ4v) is 1.63. The van der Waals surface area contributed by atoms with Gasteiger partial charge < -0.3 is 20.8 Å². The number of para-hydroxylation sites is 1. The molecule has 0 radical (unpaired) electrons. The van der Waals surface area contributed by atoms with Gasteiger partial charge in [-0.25, -0.2) is 4.98 Å². The monoisotopic (exact) mass is 246 g/mol. The quantitative estimate of drug-likeness (QED) is 0.708. The highest BCUT2D eigenvalue weighted by Gasteiger charge is 2.07. The number of nitrogen functional groups attached to an aromatic ring is 1. The number of nitrogens with one attached hydrogen (secondary N) is 2. The summed E-state index contributed by atoms with van der Waals surface area (Å²) in [6.07, 6.45) is 3.53. The maximum atomic E-state index is 6.06. The van der Waals surface area contributed by atoms with Crippen LogP contribution >= 0.6 is 0 Å². The van der Waals surface area contributed by atoms with Gasteiger partial charge in [0.15, 0.2) is 0 Å². The van der Waals surface area contributed by atoms with Crippen LogP contribution in [-0.4, -0.2) is 16.1 Å². The van der Waals surface area contributed by atoms with Crippen molar-refractivity contribution < 1.29 is 4.74 Å². The van der Waals surface area contributed by atoms with Crippen molar-refractivity contribution in [3.63, 3.8) is 0 Å². The van der Waals surface area contributed by atoms with E-state index in [1.54, 1.807) is 12.5 Å². The van der Waals surface area contributed by atoms with Gasteiger partial charge in [0.1, 0.15) is 5.75 Å². The molecule has 0 fully saturated rings. The van der Waals surface area contributed by atoms with Gasteiger partial charge in [-0.05, 0) is 26.0 Å². The summed E-state index contributed by atoms with van der Waals surface area (Å²) in [5.41, 5.74) is 8.56. The number of benzene rings is 1. The summed E-state index contributed by atoms with van der Waals surface area (Å²) in [6, 6.07) is 5.72. The van der Waals surface area contributed by atoms with E-state index in [2.05, 4.69) is 15.3 Å². The molecule has 0 saturated heterocycles. The van der Waals surface area contributed by atoms with Gasteiger partial charge in [-0.2, -0.15) is 0 Å². The highest BCUT2D eigenvalue weighted by Crippen LogP contribution is 2.30. The second-order valence-electron chi connectivity index (χ2n) is 4.31. The van der Waals surface area contributed by atoms with Gasteiger partial charge in [-0.3, -0.25) is 0 Å². The molecule has 2 aromatic rings. The van der Waals surface area contributed by atoms with Crippen LogP contribution in [0.1, 0.15) is 19.5 Å². The van der Waals surface area contributed by atoms with E-state index >= 15 is 0 Å². The van der Waals surface area contributed by atoms with Crippen LogP contribution in [0.2, 0.25) is 0 Å². The molecule has 4 N–H and O–H groups in total. The summed E-state index contributed by atoms with van der Waals surface area (Å²) >= 11 is 0. The molecular formula is C13H18N4O. The maximum absolute atomic E-state index is 6.06. The summed E-state index contributed by atoms with van der Waals surface area (Å²) < 4.78 is 5.64. The zero-order chi connectivity index (χ0) is 13.0. The van der Waals surface area contributed by atoms with E-state index in [0.717, 1.165) is 11.4 Å². The minimum atomic E-state index is 0.107. The van der Waals surface area contributed by atoms with Crippen LogP contribution in [0.3, 0.4) is 0 Å². The van der Waals surface area contributed by atoms with Crippen LogP contribution in [0.25, 0.3) is 0 Å². The van der Waals surface area contributed by atoms with Gasteiger partial charge in [0.2, 0.25) is 0 Å². The number of H-pyrrole nitrogens is 1. The Morgan fingerprint density at radius 2 is 2.28 bits per heavy atom. The Morgan fingerprint density at radius 1 is 1.44 bits per heavy atom. The van der Waals surface area contributed by atoms with E-state index in [1.165, 1.54) is 0 Å². The molecule has 96 valence electrons. The summed E-state index contributed by atoms with van der Waals surface area (Å²) in [5.74, 6) is 0.708. The molecule has 5 nitrogen and oxygen atoms in total. The zero-order valence-corrected chi connectivity index (χ0v) is 10.6. The van der Waals surface area contributed by atoms with Gasteiger partial charge in [0.25, 0.3) is 0 Å². The number of aromatic amines is 1. The van der Waals surface area contributed by atoms with Crippen molar-refractivity contribution in [1.82, 2.24) is 9.97 Å². The van der Waals surface area contributed by atoms with Crippen LogP contribution in [-0.2, 0) is 6.54 Å². The largest absolute Gasteiger partial charge is 0.489 e. The van der Waals surface area contributed by atoms with Crippen LogP contribution in [0.15, 0.2) is 30.7 Å². The first-order valence-electron chi connectivity index (χ1n) is 5.93. The third-order valence-electron chi connectivity index (χ3n) is 2.45. The second-order valence-corrected chi connectivity index (χ2v) is 4.31. The third kappa shape index (κ3) is 2.94. The molecule has 1 aromatic heterocycles. The van der Waals surface area contributed by atoms with Gasteiger partial charge >= 0.3 is 0 Å². The van der Waals surface area contributed by atoms with E-state index in [4.69, 9.17) is 10.5 Å². The van der Waals surface area contributed by atoms with E-state index in [-0.39, 0.29) is 6.10 Å². The fourth-order valence-electron chi connectivity index (χ4n) is 1.63. The Morgan fingerprint density at radius 3 is 2.94 bits per heavy atom. The average molecular weight is 246 g/mol. The number of anilines is 2. The van der Waals surface area contributed by atoms with Gasteiger partial charge in [0, 0.05) is 6.20 Å². The lowest BCUT2D eigenvalue weighted by molar-refractivity contribution is 0.244. The fraction of sp³-hybridized carbons (Fsp3) is 0.308. The molecule has 0 spiro atoms. The molecular weight excluding hydrogens is 228 g/mol. The second kappa shape index (κ2) is 5.44. The molecule has 0 amide bonds. The van der Waals surface area contributed by atoms with E-state index < -0.39 is 0 Å². The van der Waals surface area contributed by atoms with Crippen molar-refractivity contribution in [1.29, 1.82) is 0 Å². The van der Waals surface area contributed by atoms with Crippen molar-refractivity contribution in [3.05, 3.63) is 36.4 Å². The minimum absolute atomic E-state index is 0.107. The Bertz CT molecular complexity index is 494. The normalized spacial score (nSPS) is 10.6. The average Bonchev–Trinajstić information content (AvgIpc) is 2.83. The minimum Gasteiger partial charge on any atom is -0.489 e. The lowest BCUT2D eigenvalue weighted by atomic mass is 10.2. The van der Waals surface area contributed by atoms with Gasteiger partial charge in [0.05, 0.1) is 36.0 Å². The van der Waals surface area contributed by atoms with Crippen molar-refractivity contribution in [3.8, 4) is 5.75 Å². The Hall–Kier alpha value is -2.17. The Kier molecular flexibility index (Phi) is 3.72. The first-order chi connectivity index (χ1) is 8.66. The number of rotatable bonds is 5. The molecule has 0 unspecified atom stereocenters. The van der Waals surface area contributed by atoms with Gasteiger partial charge in [-0.15, -0.1) is 0 Å². The summed E-state index contributed by atoms with van der Waals surface area (Å²) in [7, 11) is 0. The molecule has 0 aliphatic heterocycles. The van der Waals surface area contributed by atoms with Crippen LogP contribution < -0.4 is 15.8 Å². The molecule has 0 aliphatic carbocycles. The lowest BCUT2D eigenvalue weighted by Crippen LogP contribution is -2.09. The highest BCUT2D eigenvalue weighted by atomic mass is 16.5. The molecule has 0 aliphatic rings. The van der Waals surface area contributed by atoms with E-state index in [9.17, 15) is 0 Å². The predicted molar refractivity (Wildman–Crippen MR) is 72.5 cm³/mol. The smallest absolute Gasteiger partial charge is 0.144 e.